The maximum atomic E-state index is 13.8. The zero-order valence-corrected chi connectivity index (χ0v) is 22.6. The van der Waals surface area contributed by atoms with Crippen molar-refractivity contribution in [2.75, 3.05) is 33.3 Å². The molecule has 0 saturated carbocycles. The van der Waals surface area contributed by atoms with Crippen LogP contribution >= 0.6 is 0 Å². The summed E-state index contributed by atoms with van der Waals surface area (Å²) in [6, 6.07) is 18.2. The normalized spacial score (nSPS) is 21.7. The standard InChI is InChI=1S/C29H36N4O6/c1-28(2,31-27(37)38)25(35)30-23(18-39-17-20-10-6-4-7-11-20)24(34)33-15-14-29(19-33)22(16-32(3)26(29)36)21-12-8-5-9-13-21/h4-13,22-23,31H,14-19H2,1-3H3,(H,30,35)(H,37,38)/t22?,23-,29?/m1/s1. The predicted octanol–water partition coefficient (Wildman–Crippen LogP) is 2.21. The maximum Gasteiger partial charge on any atom is 0.405 e. The Labute approximate surface area is 228 Å². The largest absolute Gasteiger partial charge is 0.465 e. The number of nitrogens with zero attached hydrogens (tertiary/aromatic N) is 2. The summed E-state index contributed by atoms with van der Waals surface area (Å²) in [5.74, 6) is -1.07. The van der Waals surface area contributed by atoms with Crippen LogP contribution in [0.5, 0.6) is 0 Å². The molecule has 10 heteroatoms. The number of carboxylic acid groups (broad SMARTS) is 1. The van der Waals surface area contributed by atoms with Crippen molar-refractivity contribution < 1.29 is 29.0 Å². The van der Waals surface area contributed by atoms with Crippen molar-refractivity contribution >= 4 is 23.8 Å². The topological polar surface area (TPSA) is 128 Å². The second-order valence-electron chi connectivity index (χ2n) is 10.9. The van der Waals surface area contributed by atoms with Gasteiger partial charge in [0, 0.05) is 32.6 Å². The van der Waals surface area contributed by atoms with Gasteiger partial charge in [-0.15, -0.1) is 0 Å². The van der Waals surface area contributed by atoms with E-state index in [2.05, 4.69) is 10.6 Å². The molecule has 2 aliphatic heterocycles. The van der Waals surface area contributed by atoms with E-state index in [1.807, 2.05) is 60.7 Å². The van der Waals surface area contributed by atoms with Crippen LogP contribution in [0, 0.1) is 5.41 Å². The second-order valence-corrected chi connectivity index (χ2v) is 10.9. The van der Waals surface area contributed by atoms with Gasteiger partial charge in [0.1, 0.15) is 11.6 Å². The molecule has 0 radical (unpaired) electrons. The number of carbonyl (C=O) groups is 4. The van der Waals surface area contributed by atoms with Crippen LogP contribution in [0.25, 0.3) is 0 Å². The summed E-state index contributed by atoms with van der Waals surface area (Å²) < 4.78 is 5.83. The number of benzene rings is 2. The molecule has 0 bridgehead atoms. The highest BCUT2D eigenvalue weighted by atomic mass is 16.5. The molecule has 2 aromatic rings. The van der Waals surface area contributed by atoms with Gasteiger partial charge < -0.3 is 30.3 Å². The number of hydrogen-bond acceptors (Lipinski definition) is 5. The van der Waals surface area contributed by atoms with Gasteiger partial charge >= 0.3 is 6.09 Å². The van der Waals surface area contributed by atoms with E-state index in [1.54, 1.807) is 16.8 Å². The lowest BCUT2D eigenvalue weighted by Crippen LogP contribution is -2.60. The fourth-order valence-electron chi connectivity index (χ4n) is 5.58. The molecule has 3 N–H and O–H groups in total. The Bertz CT molecular complexity index is 1200. The average Bonchev–Trinajstić information content (AvgIpc) is 3.46. The van der Waals surface area contributed by atoms with E-state index in [0.717, 1.165) is 11.1 Å². The van der Waals surface area contributed by atoms with Crippen molar-refractivity contribution in [1.29, 1.82) is 0 Å². The first-order valence-electron chi connectivity index (χ1n) is 13.1. The SMILES string of the molecule is CN1CC(c2ccccc2)C2(CCN(C(=O)[C@@H](COCc3ccccc3)NC(=O)C(C)(C)NC(=O)O)C2)C1=O. The van der Waals surface area contributed by atoms with E-state index in [0.29, 0.717) is 19.5 Å². The summed E-state index contributed by atoms with van der Waals surface area (Å²) >= 11 is 0. The summed E-state index contributed by atoms with van der Waals surface area (Å²) in [4.78, 5) is 54.8. The molecular weight excluding hydrogens is 500 g/mol. The van der Waals surface area contributed by atoms with Gasteiger partial charge in [-0.05, 0) is 31.4 Å². The van der Waals surface area contributed by atoms with Gasteiger partial charge in [-0.2, -0.15) is 0 Å². The Balaban J connectivity index is 1.52. The van der Waals surface area contributed by atoms with E-state index in [-0.39, 0.29) is 37.5 Å². The number of likely N-dealkylation sites (N-methyl/N-ethyl adjacent to an activating group) is 1. The maximum absolute atomic E-state index is 13.8. The number of rotatable bonds is 9. The lowest BCUT2D eigenvalue weighted by molar-refractivity contribution is -0.140. The van der Waals surface area contributed by atoms with E-state index in [9.17, 15) is 19.2 Å². The zero-order valence-electron chi connectivity index (χ0n) is 22.6. The van der Waals surface area contributed by atoms with E-state index in [4.69, 9.17) is 9.84 Å². The van der Waals surface area contributed by atoms with Gasteiger partial charge in [0.25, 0.3) is 0 Å². The molecular formula is C29H36N4O6. The molecule has 2 unspecified atom stereocenters. The first-order valence-corrected chi connectivity index (χ1v) is 13.1. The number of carbonyl (C=O) groups excluding carboxylic acids is 3. The number of likely N-dealkylation sites (tertiary alicyclic amines) is 2. The average molecular weight is 537 g/mol. The van der Waals surface area contributed by atoms with Crippen LogP contribution in [0.4, 0.5) is 4.79 Å². The van der Waals surface area contributed by atoms with Crippen molar-refractivity contribution in [2.45, 2.75) is 44.4 Å². The molecule has 3 atom stereocenters. The minimum absolute atomic E-state index is 0.0133. The van der Waals surface area contributed by atoms with Crippen LogP contribution in [0.15, 0.2) is 60.7 Å². The van der Waals surface area contributed by atoms with Gasteiger partial charge in [0.15, 0.2) is 0 Å². The number of hydrogen-bond donors (Lipinski definition) is 3. The third-order valence-corrected chi connectivity index (χ3v) is 7.70. The Hall–Kier alpha value is -3.92. The summed E-state index contributed by atoms with van der Waals surface area (Å²) in [6.45, 7) is 4.14. The minimum atomic E-state index is -1.47. The molecule has 10 nitrogen and oxygen atoms in total. The van der Waals surface area contributed by atoms with Crippen LogP contribution in [0.1, 0.15) is 37.3 Å². The lowest BCUT2D eigenvalue weighted by Gasteiger charge is -2.31. The quantitative estimate of drug-likeness (QED) is 0.451. The summed E-state index contributed by atoms with van der Waals surface area (Å²) in [5, 5.41) is 14.0. The van der Waals surface area contributed by atoms with Gasteiger partial charge in [-0.25, -0.2) is 4.79 Å². The first-order chi connectivity index (χ1) is 18.5. The number of amides is 4. The molecule has 2 aliphatic rings. The van der Waals surface area contributed by atoms with Gasteiger partial charge in [0.2, 0.25) is 17.7 Å². The van der Waals surface area contributed by atoms with Crippen LogP contribution in [-0.4, -0.2) is 83.6 Å². The lowest BCUT2D eigenvalue weighted by atomic mass is 9.73. The van der Waals surface area contributed by atoms with Crippen molar-refractivity contribution in [1.82, 2.24) is 20.4 Å². The molecule has 0 aliphatic carbocycles. The van der Waals surface area contributed by atoms with Crippen molar-refractivity contribution in [2.24, 2.45) is 5.41 Å². The second kappa shape index (κ2) is 11.4. The van der Waals surface area contributed by atoms with Crippen molar-refractivity contribution in [3.05, 3.63) is 71.8 Å². The molecule has 208 valence electrons. The Morgan fingerprint density at radius 2 is 1.74 bits per heavy atom. The van der Waals surface area contributed by atoms with Gasteiger partial charge in [0.05, 0.1) is 18.6 Å². The molecule has 39 heavy (non-hydrogen) atoms. The fourth-order valence-corrected chi connectivity index (χ4v) is 5.58. The summed E-state index contributed by atoms with van der Waals surface area (Å²) in [5.41, 5.74) is -0.246. The third-order valence-electron chi connectivity index (χ3n) is 7.70. The molecule has 2 heterocycles. The van der Waals surface area contributed by atoms with E-state index < -0.39 is 29.0 Å². The number of nitrogens with one attached hydrogen (secondary N) is 2. The van der Waals surface area contributed by atoms with Crippen molar-refractivity contribution in [3.8, 4) is 0 Å². The summed E-state index contributed by atoms with van der Waals surface area (Å²) in [6.07, 6.45) is -0.838. The first kappa shape index (κ1) is 28.1. The Morgan fingerprint density at radius 1 is 1.10 bits per heavy atom. The molecule has 4 rings (SSSR count). The van der Waals surface area contributed by atoms with Crippen LogP contribution in [0.2, 0.25) is 0 Å². The van der Waals surface area contributed by atoms with Crippen LogP contribution in [-0.2, 0) is 25.7 Å². The monoisotopic (exact) mass is 536 g/mol. The van der Waals surface area contributed by atoms with Crippen molar-refractivity contribution in [3.63, 3.8) is 0 Å². The fraction of sp³-hybridized carbons (Fsp3) is 0.448. The summed E-state index contributed by atoms with van der Waals surface area (Å²) in [7, 11) is 1.79. The predicted molar refractivity (Wildman–Crippen MR) is 144 cm³/mol. The molecule has 1 spiro atoms. The third kappa shape index (κ3) is 6.06. The van der Waals surface area contributed by atoms with E-state index >= 15 is 0 Å². The highest BCUT2D eigenvalue weighted by molar-refractivity contribution is 5.94. The molecule has 4 amide bonds. The highest BCUT2D eigenvalue weighted by Crippen LogP contribution is 2.49. The Kier molecular flexibility index (Phi) is 8.25. The minimum Gasteiger partial charge on any atom is -0.465 e. The smallest absolute Gasteiger partial charge is 0.405 e. The zero-order chi connectivity index (χ0) is 28.2. The van der Waals surface area contributed by atoms with E-state index in [1.165, 1.54) is 13.8 Å². The molecule has 2 aromatic carbocycles. The van der Waals surface area contributed by atoms with Crippen LogP contribution < -0.4 is 10.6 Å². The van der Waals surface area contributed by atoms with Gasteiger partial charge in [-0.1, -0.05) is 60.7 Å². The molecule has 0 aromatic heterocycles. The van der Waals surface area contributed by atoms with Crippen LogP contribution in [0.3, 0.4) is 0 Å². The van der Waals surface area contributed by atoms with Gasteiger partial charge in [-0.3, -0.25) is 14.4 Å². The molecule has 2 saturated heterocycles. The highest BCUT2D eigenvalue weighted by Gasteiger charge is 2.57. The Morgan fingerprint density at radius 3 is 2.38 bits per heavy atom. The number of ether oxygens (including phenoxy) is 1. The molecule has 2 fully saturated rings.